The van der Waals surface area contributed by atoms with E-state index in [0.29, 0.717) is 0 Å². The Morgan fingerprint density at radius 3 is 2.27 bits per heavy atom. The molecule has 1 rings (SSSR count). The molecule has 4 nitrogen and oxygen atoms in total. The number of aliphatic hydroxyl groups is 1. The molecule has 0 amide bonds. The van der Waals surface area contributed by atoms with E-state index < -0.39 is 11.5 Å². The van der Waals surface area contributed by atoms with Crippen LogP contribution in [0.2, 0.25) is 0 Å². The van der Waals surface area contributed by atoms with Crippen molar-refractivity contribution in [1.82, 2.24) is 5.32 Å². The molecule has 1 aliphatic rings. The minimum absolute atomic E-state index is 0.0176. The molecule has 0 radical (unpaired) electrons. The summed E-state index contributed by atoms with van der Waals surface area (Å²) in [6, 6.07) is 0. The van der Waals surface area contributed by atoms with Crippen LogP contribution in [-0.2, 0) is 4.79 Å². The maximum atomic E-state index is 11.0. The molecule has 3 N–H and O–H groups in total. The van der Waals surface area contributed by atoms with Crippen LogP contribution in [0.4, 0.5) is 0 Å². The molecule has 0 aromatic carbocycles. The molecular weight excluding hydrogens is 194 g/mol. The highest BCUT2D eigenvalue weighted by molar-refractivity contribution is 5.77. The van der Waals surface area contributed by atoms with Crippen LogP contribution in [0.1, 0.15) is 46.0 Å². The van der Waals surface area contributed by atoms with Crippen LogP contribution in [0.15, 0.2) is 0 Å². The Morgan fingerprint density at radius 2 is 1.87 bits per heavy atom. The minimum atomic E-state index is -0.972. The van der Waals surface area contributed by atoms with E-state index in [4.69, 9.17) is 5.11 Å². The van der Waals surface area contributed by atoms with E-state index in [1.807, 2.05) is 0 Å². The Kier molecular flexibility index (Phi) is 3.73. The first-order valence-electron chi connectivity index (χ1n) is 5.55. The van der Waals surface area contributed by atoms with Gasteiger partial charge in [-0.15, -0.1) is 0 Å². The molecule has 4 heteroatoms. The second-order valence-corrected chi connectivity index (χ2v) is 5.05. The van der Waals surface area contributed by atoms with Gasteiger partial charge in [0.2, 0.25) is 0 Å². The third-order valence-corrected chi connectivity index (χ3v) is 3.23. The average molecular weight is 215 g/mol. The van der Waals surface area contributed by atoms with Crippen molar-refractivity contribution in [2.24, 2.45) is 0 Å². The Balaban J connectivity index is 2.70. The van der Waals surface area contributed by atoms with Gasteiger partial charge in [-0.05, 0) is 26.7 Å². The predicted octanol–water partition coefficient (Wildman–Crippen LogP) is 1.13. The highest BCUT2D eigenvalue weighted by Gasteiger charge is 2.39. The lowest BCUT2D eigenvalue weighted by molar-refractivity contribution is -0.144. The van der Waals surface area contributed by atoms with Crippen LogP contribution in [0.5, 0.6) is 0 Å². The summed E-state index contributed by atoms with van der Waals surface area (Å²) in [6.07, 6.45) is 5.02. The quantitative estimate of drug-likeness (QED) is 0.657. The van der Waals surface area contributed by atoms with Crippen molar-refractivity contribution >= 4 is 5.97 Å². The van der Waals surface area contributed by atoms with Gasteiger partial charge in [0, 0.05) is 5.54 Å². The zero-order valence-electron chi connectivity index (χ0n) is 9.55. The molecule has 15 heavy (non-hydrogen) atoms. The van der Waals surface area contributed by atoms with E-state index in [1.54, 1.807) is 13.8 Å². The Morgan fingerprint density at radius 1 is 1.33 bits per heavy atom. The van der Waals surface area contributed by atoms with E-state index in [2.05, 4.69) is 5.32 Å². The standard InChI is InChI=1S/C11H21NO3/c1-10(2,9(14)15)12-11(8-13)6-4-3-5-7-11/h12-13H,3-8H2,1-2H3,(H,14,15). The summed E-state index contributed by atoms with van der Waals surface area (Å²) in [5.74, 6) is -0.874. The molecule has 0 spiro atoms. The number of carboxylic acid groups (broad SMARTS) is 1. The van der Waals surface area contributed by atoms with Gasteiger partial charge >= 0.3 is 5.97 Å². The lowest BCUT2D eigenvalue weighted by atomic mass is 9.80. The third kappa shape index (κ3) is 2.92. The summed E-state index contributed by atoms with van der Waals surface area (Å²) in [7, 11) is 0. The van der Waals surface area contributed by atoms with Gasteiger partial charge in [0.1, 0.15) is 5.54 Å². The number of aliphatic hydroxyl groups excluding tert-OH is 1. The molecule has 0 aliphatic heterocycles. The van der Waals surface area contributed by atoms with E-state index in [-0.39, 0.29) is 12.1 Å². The zero-order chi connectivity index (χ0) is 11.5. The number of hydrogen-bond donors (Lipinski definition) is 3. The molecule has 1 saturated carbocycles. The van der Waals surface area contributed by atoms with Crippen molar-refractivity contribution in [1.29, 1.82) is 0 Å². The van der Waals surface area contributed by atoms with Crippen molar-refractivity contribution in [3.05, 3.63) is 0 Å². The van der Waals surface area contributed by atoms with E-state index in [9.17, 15) is 9.90 Å². The fourth-order valence-electron chi connectivity index (χ4n) is 2.27. The first-order valence-corrected chi connectivity index (χ1v) is 5.55. The van der Waals surface area contributed by atoms with Crippen molar-refractivity contribution in [2.75, 3.05) is 6.61 Å². The Hall–Kier alpha value is -0.610. The largest absolute Gasteiger partial charge is 0.480 e. The minimum Gasteiger partial charge on any atom is -0.480 e. The summed E-state index contributed by atoms with van der Waals surface area (Å²) in [5.41, 5.74) is -1.36. The van der Waals surface area contributed by atoms with Gasteiger partial charge in [0.15, 0.2) is 0 Å². The molecule has 0 aromatic heterocycles. The molecule has 0 aromatic rings. The number of nitrogens with one attached hydrogen (secondary N) is 1. The van der Waals surface area contributed by atoms with Crippen molar-refractivity contribution in [3.8, 4) is 0 Å². The average Bonchev–Trinajstić information content (AvgIpc) is 2.18. The SMILES string of the molecule is CC(C)(NC1(CO)CCCCC1)C(=O)O. The maximum Gasteiger partial charge on any atom is 0.323 e. The Labute approximate surface area is 90.7 Å². The van der Waals surface area contributed by atoms with Crippen LogP contribution >= 0.6 is 0 Å². The molecule has 0 heterocycles. The van der Waals surface area contributed by atoms with Gasteiger partial charge in [0.05, 0.1) is 6.61 Å². The second-order valence-electron chi connectivity index (χ2n) is 5.05. The van der Waals surface area contributed by atoms with E-state index in [1.165, 1.54) is 6.42 Å². The molecule has 0 saturated heterocycles. The zero-order valence-corrected chi connectivity index (χ0v) is 9.55. The summed E-state index contributed by atoms with van der Waals surface area (Å²) in [6.45, 7) is 3.30. The number of hydrogen-bond acceptors (Lipinski definition) is 3. The lowest BCUT2D eigenvalue weighted by Gasteiger charge is -2.41. The summed E-state index contributed by atoms with van der Waals surface area (Å²) < 4.78 is 0. The van der Waals surface area contributed by atoms with Gasteiger partial charge < -0.3 is 10.2 Å². The smallest absolute Gasteiger partial charge is 0.323 e. The number of carbonyl (C=O) groups is 1. The van der Waals surface area contributed by atoms with Crippen LogP contribution in [-0.4, -0.2) is 33.9 Å². The van der Waals surface area contributed by atoms with Crippen molar-refractivity contribution < 1.29 is 15.0 Å². The van der Waals surface area contributed by atoms with Gasteiger partial charge in [0.25, 0.3) is 0 Å². The summed E-state index contributed by atoms with van der Waals surface area (Å²) >= 11 is 0. The maximum absolute atomic E-state index is 11.0. The second kappa shape index (κ2) is 4.49. The van der Waals surface area contributed by atoms with Gasteiger partial charge in [-0.2, -0.15) is 0 Å². The highest BCUT2D eigenvalue weighted by Crippen LogP contribution is 2.29. The monoisotopic (exact) mass is 215 g/mol. The van der Waals surface area contributed by atoms with Gasteiger partial charge in [-0.3, -0.25) is 10.1 Å². The molecule has 1 fully saturated rings. The fourth-order valence-corrected chi connectivity index (χ4v) is 2.27. The molecule has 1 aliphatic carbocycles. The van der Waals surface area contributed by atoms with Crippen LogP contribution in [0.25, 0.3) is 0 Å². The van der Waals surface area contributed by atoms with E-state index in [0.717, 1.165) is 25.7 Å². The molecule has 88 valence electrons. The number of rotatable bonds is 4. The molecular formula is C11H21NO3. The van der Waals surface area contributed by atoms with Crippen LogP contribution in [0, 0.1) is 0 Å². The summed E-state index contributed by atoms with van der Waals surface area (Å²) in [5, 5.41) is 21.6. The fraction of sp³-hybridized carbons (Fsp3) is 0.909. The molecule has 0 atom stereocenters. The molecule has 0 unspecified atom stereocenters. The predicted molar refractivity (Wildman–Crippen MR) is 57.8 cm³/mol. The third-order valence-electron chi connectivity index (χ3n) is 3.23. The van der Waals surface area contributed by atoms with Crippen LogP contribution < -0.4 is 5.32 Å². The summed E-state index contributed by atoms with van der Waals surface area (Å²) in [4.78, 5) is 11.0. The van der Waals surface area contributed by atoms with Gasteiger partial charge in [-0.25, -0.2) is 0 Å². The normalized spacial score (nSPS) is 21.3. The lowest BCUT2D eigenvalue weighted by Crippen LogP contribution is -2.61. The topological polar surface area (TPSA) is 69.6 Å². The first-order chi connectivity index (χ1) is 6.92. The van der Waals surface area contributed by atoms with Gasteiger partial charge in [-0.1, -0.05) is 19.3 Å². The van der Waals surface area contributed by atoms with Crippen molar-refractivity contribution in [2.45, 2.75) is 57.0 Å². The van der Waals surface area contributed by atoms with Crippen LogP contribution in [0.3, 0.4) is 0 Å². The molecule has 0 bridgehead atoms. The van der Waals surface area contributed by atoms with E-state index >= 15 is 0 Å². The number of carboxylic acids is 1. The number of aliphatic carboxylic acids is 1. The highest BCUT2D eigenvalue weighted by atomic mass is 16.4. The van der Waals surface area contributed by atoms with Crippen molar-refractivity contribution in [3.63, 3.8) is 0 Å². The Bertz CT molecular complexity index is 232. The first kappa shape index (κ1) is 12.5.